The Kier molecular flexibility index (Phi) is 6.09. The van der Waals surface area contributed by atoms with E-state index in [0.29, 0.717) is 0 Å². The van der Waals surface area contributed by atoms with Crippen LogP contribution in [0, 0.1) is 6.92 Å². The van der Waals surface area contributed by atoms with Crippen LogP contribution in [-0.4, -0.2) is 35.7 Å². The van der Waals surface area contributed by atoms with E-state index in [4.69, 9.17) is 4.74 Å². The SMILES string of the molecule is Cc1cccc(CN2CCC(NC(=O)OC(C)(C)C)CC2)c1Br. The molecule has 0 spiro atoms. The molecule has 0 unspecified atom stereocenters. The van der Waals surface area contributed by atoms with Gasteiger partial charge < -0.3 is 10.1 Å². The van der Waals surface area contributed by atoms with Crippen molar-refractivity contribution >= 4 is 22.0 Å². The predicted octanol–water partition coefficient (Wildman–Crippen LogP) is 4.25. The van der Waals surface area contributed by atoms with E-state index in [2.05, 4.69) is 51.3 Å². The molecule has 1 aliphatic rings. The lowest BCUT2D eigenvalue weighted by atomic mass is 10.0. The van der Waals surface area contributed by atoms with Crippen LogP contribution < -0.4 is 5.32 Å². The molecule has 0 radical (unpaired) electrons. The Balaban J connectivity index is 1.80. The van der Waals surface area contributed by atoms with Gasteiger partial charge in [-0.05, 0) is 51.7 Å². The molecule has 0 saturated carbocycles. The van der Waals surface area contributed by atoms with Crippen molar-refractivity contribution in [1.82, 2.24) is 10.2 Å². The Morgan fingerprint density at radius 2 is 2.00 bits per heavy atom. The molecule has 4 nitrogen and oxygen atoms in total. The molecule has 1 amide bonds. The van der Waals surface area contributed by atoms with Crippen molar-refractivity contribution < 1.29 is 9.53 Å². The Morgan fingerprint density at radius 3 is 2.61 bits per heavy atom. The zero-order valence-corrected chi connectivity index (χ0v) is 16.1. The Labute approximate surface area is 147 Å². The first-order valence-corrected chi connectivity index (χ1v) is 9.00. The minimum absolute atomic E-state index is 0.210. The lowest BCUT2D eigenvalue weighted by Gasteiger charge is -2.33. The summed E-state index contributed by atoms with van der Waals surface area (Å²) in [7, 11) is 0. The fourth-order valence-electron chi connectivity index (χ4n) is 2.78. The summed E-state index contributed by atoms with van der Waals surface area (Å²) in [6.45, 7) is 10.7. The third-order valence-electron chi connectivity index (χ3n) is 3.97. The standard InChI is InChI=1S/C18H27BrN2O2/c1-13-6-5-7-14(16(13)19)12-21-10-8-15(9-11-21)20-17(22)23-18(2,3)4/h5-7,15H,8-12H2,1-4H3,(H,20,22). The molecule has 0 bridgehead atoms. The first-order valence-electron chi connectivity index (χ1n) is 8.20. The van der Waals surface area contributed by atoms with Gasteiger partial charge in [0.25, 0.3) is 0 Å². The third-order valence-corrected chi connectivity index (χ3v) is 5.11. The maximum atomic E-state index is 11.8. The highest BCUT2D eigenvalue weighted by atomic mass is 79.9. The molecule has 5 heteroatoms. The smallest absolute Gasteiger partial charge is 0.407 e. The maximum absolute atomic E-state index is 11.8. The Morgan fingerprint density at radius 1 is 1.35 bits per heavy atom. The molecule has 1 aliphatic heterocycles. The van der Waals surface area contributed by atoms with Gasteiger partial charge in [0.05, 0.1) is 0 Å². The normalized spacial score (nSPS) is 17.1. The van der Waals surface area contributed by atoms with Crippen LogP contribution in [0.15, 0.2) is 22.7 Å². The number of carbonyl (C=O) groups is 1. The molecule has 2 rings (SSSR count). The average molecular weight is 383 g/mol. The van der Waals surface area contributed by atoms with Crippen molar-refractivity contribution in [3.05, 3.63) is 33.8 Å². The molecule has 1 aromatic carbocycles. The maximum Gasteiger partial charge on any atom is 0.407 e. The molecule has 0 atom stereocenters. The van der Waals surface area contributed by atoms with Gasteiger partial charge in [0.1, 0.15) is 5.60 Å². The van der Waals surface area contributed by atoms with E-state index in [1.165, 1.54) is 15.6 Å². The van der Waals surface area contributed by atoms with Gasteiger partial charge in [-0.2, -0.15) is 0 Å². The van der Waals surface area contributed by atoms with Gasteiger partial charge in [-0.1, -0.05) is 34.1 Å². The lowest BCUT2D eigenvalue weighted by Crippen LogP contribution is -2.45. The summed E-state index contributed by atoms with van der Waals surface area (Å²) >= 11 is 3.68. The number of halogens is 1. The van der Waals surface area contributed by atoms with E-state index in [1.807, 2.05) is 20.8 Å². The Hall–Kier alpha value is -1.07. The average Bonchev–Trinajstić information content (AvgIpc) is 2.44. The number of likely N-dealkylation sites (tertiary alicyclic amines) is 1. The summed E-state index contributed by atoms with van der Waals surface area (Å²) in [5, 5.41) is 2.98. The van der Waals surface area contributed by atoms with E-state index >= 15 is 0 Å². The van der Waals surface area contributed by atoms with Gasteiger partial charge in [0.15, 0.2) is 0 Å². The predicted molar refractivity (Wildman–Crippen MR) is 96.5 cm³/mol. The second-order valence-corrected chi connectivity index (χ2v) is 8.04. The number of aryl methyl sites for hydroxylation is 1. The van der Waals surface area contributed by atoms with Crippen LogP contribution in [-0.2, 0) is 11.3 Å². The van der Waals surface area contributed by atoms with Crippen molar-refractivity contribution in [3.63, 3.8) is 0 Å². The van der Waals surface area contributed by atoms with Gasteiger partial charge >= 0.3 is 6.09 Å². The zero-order valence-electron chi connectivity index (χ0n) is 14.5. The van der Waals surface area contributed by atoms with Crippen LogP contribution in [0.25, 0.3) is 0 Å². The molecule has 1 fully saturated rings. The number of hydrogen-bond donors (Lipinski definition) is 1. The molecule has 1 N–H and O–H groups in total. The summed E-state index contributed by atoms with van der Waals surface area (Å²) in [5.41, 5.74) is 2.15. The third kappa shape index (κ3) is 5.81. The van der Waals surface area contributed by atoms with E-state index in [9.17, 15) is 4.79 Å². The number of rotatable bonds is 3. The number of nitrogens with zero attached hydrogens (tertiary/aromatic N) is 1. The minimum Gasteiger partial charge on any atom is -0.444 e. The Bertz CT molecular complexity index is 546. The molecule has 1 heterocycles. The molecular weight excluding hydrogens is 356 g/mol. The minimum atomic E-state index is -0.442. The summed E-state index contributed by atoms with van der Waals surface area (Å²) in [6, 6.07) is 6.60. The van der Waals surface area contributed by atoms with Crippen LogP contribution in [0.4, 0.5) is 4.79 Å². The number of carbonyl (C=O) groups excluding carboxylic acids is 1. The number of piperidine rings is 1. The van der Waals surface area contributed by atoms with E-state index < -0.39 is 5.60 Å². The van der Waals surface area contributed by atoms with Crippen LogP contribution in [0.5, 0.6) is 0 Å². The topological polar surface area (TPSA) is 41.6 Å². The first kappa shape index (κ1) is 18.3. The van der Waals surface area contributed by atoms with E-state index in [1.54, 1.807) is 0 Å². The van der Waals surface area contributed by atoms with Crippen LogP contribution >= 0.6 is 15.9 Å². The van der Waals surface area contributed by atoms with E-state index in [-0.39, 0.29) is 12.1 Å². The summed E-state index contributed by atoms with van der Waals surface area (Å²) in [5.74, 6) is 0. The van der Waals surface area contributed by atoms with Crippen LogP contribution in [0.3, 0.4) is 0 Å². The first-order chi connectivity index (χ1) is 10.7. The summed E-state index contributed by atoms with van der Waals surface area (Å²) < 4.78 is 6.52. The molecule has 0 aromatic heterocycles. The van der Waals surface area contributed by atoms with Crippen molar-refractivity contribution in [3.8, 4) is 0 Å². The summed E-state index contributed by atoms with van der Waals surface area (Å²) in [4.78, 5) is 14.3. The summed E-state index contributed by atoms with van der Waals surface area (Å²) in [6.07, 6.45) is 1.61. The van der Waals surface area contributed by atoms with Gasteiger partial charge in [-0.3, -0.25) is 4.90 Å². The van der Waals surface area contributed by atoms with Crippen molar-refractivity contribution in [2.75, 3.05) is 13.1 Å². The zero-order chi connectivity index (χ0) is 17.0. The van der Waals surface area contributed by atoms with E-state index in [0.717, 1.165) is 32.5 Å². The largest absolute Gasteiger partial charge is 0.444 e. The van der Waals surface area contributed by atoms with Gasteiger partial charge in [0, 0.05) is 30.1 Å². The quantitative estimate of drug-likeness (QED) is 0.849. The number of amides is 1. The van der Waals surface area contributed by atoms with Crippen molar-refractivity contribution in [2.45, 2.75) is 58.7 Å². The fraction of sp³-hybridized carbons (Fsp3) is 0.611. The number of nitrogens with one attached hydrogen (secondary N) is 1. The van der Waals surface area contributed by atoms with Crippen LogP contribution in [0.1, 0.15) is 44.7 Å². The van der Waals surface area contributed by atoms with Crippen molar-refractivity contribution in [1.29, 1.82) is 0 Å². The number of hydrogen-bond acceptors (Lipinski definition) is 3. The monoisotopic (exact) mass is 382 g/mol. The van der Waals surface area contributed by atoms with Gasteiger partial charge in [-0.15, -0.1) is 0 Å². The lowest BCUT2D eigenvalue weighted by molar-refractivity contribution is 0.0477. The second kappa shape index (κ2) is 7.67. The number of ether oxygens (including phenoxy) is 1. The highest BCUT2D eigenvalue weighted by molar-refractivity contribution is 9.10. The van der Waals surface area contributed by atoms with Crippen LogP contribution in [0.2, 0.25) is 0 Å². The fourth-order valence-corrected chi connectivity index (χ4v) is 3.17. The number of benzene rings is 1. The second-order valence-electron chi connectivity index (χ2n) is 7.24. The molecular formula is C18H27BrN2O2. The molecule has 0 aliphatic carbocycles. The van der Waals surface area contributed by atoms with Gasteiger partial charge in [-0.25, -0.2) is 4.79 Å². The highest BCUT2D eigenvalue weighted by Gasteiger charge is 2.23. The molecule has 1 saturated heterocycles. The number of alkyl carbamates (subject to hydrolysis) is 1. The molecule has 128 valence electrons. The molecule has 23 heavy (non-hydrogen) atoms. The molecule has 1 aromatic rings. The van der Waals surface area contributed by atoms with Gasteiger partial charge in [0.2, 0.25) is 0 Å². The highest BCUT2D eigenvalue weighted by Crippen LogP contribution is 2.24. The van der Waals surface area contributed by atoms with Crippen molar-refractivity contribution in [2.24, 2.45) is 0 Å².